The van der Waals surface area contributed by atoms with Crippen molar-refractivity contribution in [3.05, 3.63) is 10.4 Å². The van der Waals surface area contributed by atoms with Crippen LogP contribution in [0.1, 0.15) is 19.3 Å². The Morgan fingerprint density at radius 1 is 1.69 bits per heavy atom. The number of azide groups is 1. The average molecular weight is 182 g/mol. The summed E-state index contributed by atoms with van der Waals surface area (Å²) in [7, 11) is 0. The lowest BCUT2D eigenvalue weighted by molar-refractivity contribution is 0.108. The molecule has 13 heavy (non-hydrogen) atoms. The maximum Gasteiger partial charge on any atom is 0.0653 e. The quantitative estimate of drug-likeness (QED) is 0.396. The summed E-state index contributed by atoms with van der Waals surface area (Å²) < 4.78 is 5.57. The predicted molar refractivity (Wildman–Crippen MR) is 48.3 cm³/mol. The highest BCUT2D eigenvalue weighted by atomic mass is 16.5. The van der Waals surface area contributed by atoms with Crippen molar-refractivity contribution in [3.8, 4) is 0 Å². The van der Waals surface area contributed by atoms with Gasteiger partial charge in [0.2, 0.25) is 0 Å². The minimum Gasteiger partial charge on any atom is -0.376 e. The van der Waals surface area contributed by atoms with Crippen LogP contribution in [0.3, 0.4) is 0 Å². The van der Waals surface area contributed by atoms with Crippen molar-refractivity contribution in [2.75, 3.05) is 19.7 Å². The summed E-state index contributed by atoms with van der Waals surface area (Å²) in [5, 5.41) is 7.01. The van der Waals surface area contributed by atoms with Crippen molar-refractivity contribution in [2.24, 2.45) is 5.11 Å². The third-order valence-electron chi connectivity index (χ3n) is 2.89. The van der Waals surface area contributed by atoms with Crippen LogP contribution in [0.4, 0.5) is 0 Å². The Morgan fingerprint density at radius 3 is 3.31 bits per heavy atom. The summed E-state index contributed by atoms with van der Waals surface area (Å²) >= 11 is 0. The predicted octanol–water partition coefficient (Wildman–Crippen LogP) is 1.21. The van der Waals surface area contributed by atoms with Crippen LogP contribution in [-0.4, -0.2) is 31.3 Å². The molecule has 0 aromatic carbocycles. The molecule has 1 spiro atoms. The van der Waals surface area contributed by atoms with Crippen LogP contribution in [0.25, 0.3) is 10.4 Å². The summed E-state index contributed by atoms with van der Waals surface area (Å²) in [6, 6.07) is 0. The third kappa shape index (κ3) is 1.77. The number of hydrogen-bond acceptors (Lipinski definition) is 3. The fourth-order valence-electron chi connectivity index (χ4n) is 2.24. The highest BCUT2D eigenvalue weighted by Gasteiger charge is 2.41. The van der Waals surface area contributed by atoms with E-state index in [9.17, 15) is 0 Å². The zero-order chi connectivity index (χ0) is 9.15. The molecule has 2 aliphatic rings. The second kappa shape index (κ2) is 3.54. The van der Waals surface area contributed by atoms with Gasteiger partial charge in [0.05, 0.1) is 19.3 Å². The number of nitrogens with zero attached hydrogens (tertiary/aromatic N) is 3. The largest absolute Gasteiger partial charge is 0.376 e. The molecule has 0 radical (unpaired) electrons. The molecule has 2 atom stereocenters. The van der Waals surface area contributed by atoms with Gasteiger partial charge in [0.15, 0.2) is 0 Å². The third-order valence-corrected chi connectivity index (χ3v) is 2.89. The van der Waals surface area contributed by atoms with Gasteiger partial charge in [-0.15, -0.1) is 0 Å². The van der Waals surface area contributed by atoms with Gasteiger partial charge in [-0.05, 0) is 31.3 Å². The van der Waals surface area contributed by atoms with Crippen molar-refractivity contribution < 1.29 is 4.74 Å². The van der Waals surface area contributed by atoms with Crippen molar-refractivity contribution in [1.29, 1.82) is 0 Å². The van der Waals surface area contributed by atoms with Crippen molar-refractivity contribution in [3.63, 3.8) is 0 Å². The normalized spacial score (nSPS) is 38.0. The number of ether oxygens (including phenoxy) is 1. The van der Waals surface area contributed by atoms with Gasteiger partial charge in [-0.3, -0.25) is 0 Å². The van der Waals surface area contributed by atoms with Crippen molar-refractivity contribution in [1.82, 2.24) is 5.32 Å². The van der Waals surface area contributed by atoms with Crippen LogP contribution >= 0.6 is 0 Å². The molecule has 0 bridgehead atoms. The van der Waals surface area contributed by atoms with Gasteiger partial charge in [-0.2, -0.15) is 0 Å². The Kier molecular flexibility index (Phi) is 2.40. The highest BCUT2D eigenvalue weighted by Crippen LogP contribution is 2.31. The standard InChI is InChI=1S/C8H14N4O/c9-12-11-5-7-4-8(6-13-7)2-1-3-10-8/h7,10H,1-6H2/t7-,8-/m1/s1. The smallest absolute Gasteiger partial charge is 0.0653 e. The maximum atomic E-state index is 8.17. The Morgan fingerprint density at radius 2 is 2.62 bits per heavy atom. The van der Waals surface area contributed by atoms with Gasteiger partial charge in [0.1, 0.15) is 0 Å². The molecule has 0 aromatic heterocycles. The Bertz CT molecular complexity index is 230. The van der Waals surface area contributed by atoms with Gasteiger partial charge in [-0.25, -0.2) is 0 Å². The average Bonchev–Trinajstić information content (AvgIpc) is 2.74. The van der Waals surface area contributed by atoms with E-state index in [0.717, 1.165) is 19.6 Å². The maximum absolute atomic E-state index is 8.17. The van der Waals surface area contributed by atoms with E-state index in [4.69, 9.17) is 10.3 Å². The molecule has 2 heterocycles. The van der Waals surface area contributed by atoms with Gasteiger partial charge in [0.25, 0.3) is 0 Å². The zero-order valence-electron chi connectivity index (χ0n) is 7.57. The van der Waals surface area contributed by atoms with Gasteiger partial charge < -0.3 is 10.1 Å². The van der Waals surface area contributed by atoms with E-state index in [0.29, 0.717) is 6.54 Å². The van der Waals surface area contributed by atoms with Gasteiger partial charge in [-0.1, -0.05) is 5.11 Å². The van der Waals surface area contributed by atoms with Crippen LogP contribution in [0.5, 0.6) is 0 Å². The van der Waals surface area contributed by atoms with Gasteiger partial charge >= 0.3 is 0 Å². The monoisotopic (exact) mass is 182 g/mol. The molecule has 0 aliphatic carbocycles. The van der Waals surface area contributed by atoms with Gasteiger partial charge in [0, 0.05) is 10.5 Å². The van der Waals surface area contributed by atoms with Crippen molar-refractivity contribution >= 4 is 0 Å². The van der Waals surface area contributed by atoms with E-state index in [1.165, 1.54) is 12.8 Å². The summed E-state index contributed by atoms with van der Waals surface area (Å²) in [6.07, 6.45) is 3.55. The molecule has 2 fully saturated rings. The van der Waals surface area contributed by atoms with E-state index in [2.05, 4.69) is 15.3 Å². The summed E-state index contributed by atoms with van der Waals surface area (Å²) in [5.74, 6) is 0. The van der Waals surface area contributed by atoms with Crippen LogP contribution < -0.4 is 5.32 Å². The number of hydrogen-bond donors (Lipinski definition) is 1. The summed E-state index contributed by atoms with van der Waals surface area (Å²) in [5.41, 5.74) is 8.37. The fourth-order valence-corrected chi connectivity index (χ4v) is 2.24. The molecule has 2 aliphatic heterocycles. The van der Waals surface area contributed by atoms with Crippen molar-refractivity contribution in [2.45, 2.75) is 30.9 Å². The van der Waals surface area contributed by atoms with Crippen LogP contribution in [0, 0.1) is 0 Å². The van der Waals surface area contributed by atoms with Crippen LogP contribution in [0.2, 0.25) is 0 Å². The zero-order valence-corrected chi connectivity index (χ0v) is 7.57. The Hall–Kier alpha value is -0.770. The summed E-state index contributed by atoms with van der Waals surface area (Å²) in [6.45, 7) is 2.34. The lowest BCUT2D eigenvalue weighted by Gasteiger charge is -2.20. The molecule has 5 heteroatoms. The first-order valence-corrected chi connectivity index (χ1v) is 4.72. The first-order chi connectivity index (χ1) is 6.35. The molecule has 2 rings (SSSR count). The topological polar surface area (TPSA) is 70.0 Å². The van der Waals surface area contributed by atoms with E-state index in [1.54, 1.807) is 0 Å². The molecule has 0 unspecified atom stereocenters. The molecule has 0 aromatic rings. The molecule has 5 nitrogen and oxygen atoms in total. The molecule has 1 N–H and O–H groups in total. The van der Waals surface area contributed by atoms with E-state index >= 15 is 0 Å². The molecule has 2 saturated heterocycles. The SMILES string of the molecule is [N-]=[N+]=NC[C@H]1C[C@]2(CCCN2)CO1. The summed E-state index contributed by atoms with van der Waals surface area (Å²) in [4.78, 5) is 2.74. The van der Waals surface area contributed by atoms with E-state index in [1.807, 2.05) is 0 Å². The second-order valence-corrected chi connectivity index (χ2v) is 3.86. The van der Waals surface area contributed by atoms with E-state index < -0.39 is 0 Å². The number of rotatable bonds is 2. The first-order valence-electron chi connectivity index (χ1n) is 4.72. The first kappa shape index (κ1) is 8.81. The highest BCUT2D eigenvalue weighted by molar-refractivity contribution is 4.99. The Balaban J connectivity index is 1.89. The molecule has 0 amide bonds. The fraction of sp³-hybridized carbons (Fsp3) is 1.00. The molecular weight excluding hydrogens is 168 g/mol. The Labute approximate surface area is 77.1 Å². The second-order valence-electron chi connectivity index (χ2n) is 3.86. The molecular formula is C8H14N4O. The number of nitrogens with one attached hydrogen (secondary N) is 1. The molecule has 0 saturated carbocycles. The minimum atomic E-state index is 0.126. The lowest BCUT2D eigenvalue weighted by atomic mass is 9.94. The van der Waals surface area contributed by atoms with E-state index in [-0.39, 0.29) is 11.6 Å². The van der Waals surface area contributed by atoms with Crippen LogP contribution in [0.15, 0.2) is 5.11 Å². The van der Waals surface area contributed by atoms with Crippen LogP contribution in [-0.2, 0) is 4.74 Å². The lowest BCUT2D eigenvalue weighted by Crippen LogP contribution is -2.40. The minimum absolute atomic E-state index is 0.126. The molecule has 72 valence electrons.